The molecule has 0 saturated carbocycles. The van der Waals surface area contributed by atoms with Gasteiger partial charge in [0.05, 0.1) is 0 Å². The predicted molar refractivity (Wildman–Crippen MR) is 79.1 cm³/mol. The second kappa shape index (κ2) is 9.45. The molecule has 0 spiro atoms. The molecule has 0 rings (SSSR count). The predicted octanol–water partition coefficient (Wildman–Crippen LogP) is 2.63. The fraction of sp³-hybridized carbons (Fsp3) is 0.857. The summed E-state index contributed by atoms with van der Waals surface area (Å²) in [5.41, 5.74) is -2.48. The van der Waals surface area contributed by atoms with Gasteiger partial charge in [0.2, 0.25) is 0 Å². The summed E-state index contributed by atoms with van der Waals surface area (Å²) in [5, 5.41) is 18.7. The summed E-state index contributed by atoms with van der Waals surface area (Å²) in [6.07, 6.45) is 5.01. The quantitative estimate of drug-likeness (QED) is 0.375. The molecule has 0 aromatic rings. The van der Waals surface area contributed by atoms with E-state index >= 15 is 0 Å². The third-order valence-electron chi connectivity index (χ3n) is 3.67. The number of hydrogen-bond donors (Lipinski definition) is 2. The van der Waals surface area contributed by atoms with Crippen molar-refractivity contribution >= 4 is 60.8 Å². The van der Waals surface area contributed by atoms with Crippen molar-refractivity contribution in [2.75, 3.05) is 0 Å². The van der Waals surface area contributed by atoms with Crippen LogP contribution in [0.2, 0.25) is 0 Å². The first kappa shape index (κ1) is 21.8. The van der Waals surface area contributed by atoms with E-state index in [0.717, 1.165) is 25.7 Å². The topological polar surface area (TPSA) is 74.6 Å². The van der Waals surface area contributed by atoms with Crippen LogP contribution < -0.4 is 0 Å². The van der Waals surface area contributed by atoms with Crippen molar-refractivity contribution in [3.63, 3.8) is 0 Å². The molecule has 0 unspecified atom stereocenters. The third kappa shape index (κ3) is 5.79. The Balaban J connectivity index is 0. The van der Waals surface area contributed by atoms with Gasteiger partial charge in [-0.15, -0.1) is 0 Å². The minimum absolute atomic E-state index is 0. The van der Waals surface area contributed by atoms with Gasteiger partial charge in [0.25, 0.3) is 0 Å². The average molecular weight is 398 g/mol. The monoisotopic (exact) mass is 398 g/mol. The second-order valence-electron chi connectivity index (χ2n) is 5.93. The van der Waals surface area contributed by atoms with E-state index in [4.69, 9.17) is 0 Å². The van der Waals surface area contributed by atoms with Crippen LogP contribution in [0.25, 0.3) is 0 Å². The minimum atomic E-state index is -1.68. The van der Waals surface area contributed by atoms with Gasteiger partial charge < -0.3 is 10.2 Å². The molecule has 0 aromatic carbocycles. The molecule has 0 aliphatic rings. The van der Waals surface area contributed by atoms with E-state index in [2.05, 4.69) is 6.92 Å². The van der Waals surface area contributed by atoms with Crippen LogP contribution in [0, 0.1) is 10.8 Å². The Morgan fingerprint density at radius 1 is 0.895 bits per heavy atom. The van der Waals surface area contributed by atoms with Gasteiger partial charge >= 0.3 is 60.8 Å². The molecule has 110 valence electrons. The van der Waals surface area contributed by atoms with Crippen LogP contribution in [-0.4, -0.2) is 71.0 Å². The van der Waals surface area contributed by atoms with Crippen molar-refractivity contribution in [3.8, 4) is 0 Å². The van der Waals surface area contributed by atoms with E-state index in [0.29, 0.717) is 6.42 Å². The first-order valence-electron chi connectivity index (χ1n) is 6.67. The van der Waals surface area contributed by atoms with Crippen molar-refractivity contribution in [1.29, 1.82) is 0 Å². The number of carboxylic acids is 2. The molecule has 5 heteroatoms. The molecule has 19 heavy (non-hydrogen) atoms. The zero-order valence-electron chi connectivity index (χ0n) is 12.0. The van der Waals surface area contributed by atoms with Crippen molar-refractivity contribution in [2.45, 2.75) is 66.2 Å². The van der Waals surface area contributed by atoms with Crippen LogP contribution in [0.15, 0.2) is 0 Å². The van der Waals surface area contributed by atoms with Gasteiger partial charge in [0, 0.05) is 0 Å². The van der Waals surface area contributed by atoms with Gasteiger partial charge in [-0.2, -0.15) is 0 Å². The molecule has 4 nitrogen and oxygen atoms in total. The van der Waals surface area contributed by atoms with E-state index in [1.165, 1.54) is 0 Å². The molecule has 0 atom stereocenters. The van der Waals surface area contributed by atoms with Gasteiger partial charge in [-0.25, -0.2) is 0 Å². The maximum absolute atomic E-state index is 11.4. The summed E-state index contributed by atoms with van der Waals surface area (Å²) in [7, 11) is 0. The first-order chi connectivity index (χ1) is 8.20. The van der Waals surface area contributed by atoms with Crippen molar-refractivity contribution in [3.05, 3.63) is 0 Å². The van der Waals surface area contributed by atoms with Crippen LogP contribution in [-0.2, 0) is 9.59 Å². The van der Waals surface area contributed by atoms with E-state index < -0.39 is 22.8 Å². The van der Waals surface area contributed by atoms with Gasteiger partial charge in [0.15, 0.2) is 5.41 Å². The Hall–Kier alpha value is 0.511. The van der Waals surface area contributed by atoms with Gasteiger partial charge in [0.1, 0.15) is 0 Å². The Bertz CT molecular complexity index is 280. The number of aliphatic carboxylic acids is 2. The molecule has 0 heterocycles. The summed E-state index contributed by atoms with van der Waals surface area (Å²) in [6.45, 7) is 7.15. The van der Waals surface area contributed by atoms with Crippen molar-refractivity contribution in [2.24, 2.45) is 10.8 Å². The Labute approximate surface area is 156 Å². The molecule has 0 amide bonds. The molecule has 0 radical (unpaired) electrons. The molecule has 0 saturated heterocycles. The van der Waals surface area contributed by atoms with Gasteiger partial charge in [-0.3, -0.25) is 9.59 Å². The number of carbonyl (C=O) groups is 2. The third-order valence-corrected chi connectivity index (χ3v) is 3.67. The van der Waals surface area contributed by atoms with E-state index in [-0.39, 0.29) is 55.3 Å². The van der Waals surface area contributed by atoms with Crippen LogP contribution in [0.1, 0.15) is 66.2 Å². The Kier molecular flexibility index (Phi) is 10.8. The molecule has 0 aliphatic heterocycles. The number of hydrogen-bond acceptors (Lipinski definition) is 2. The summed E-state index contributed by atoms with van der Waals surface area (Å²) in [6, 6.07) is 0. The molecule has 0 bridgehead atoms. The first-order valence-corrected chi connectivity index (χ1v) is 6.67. The average Bonchev–Trinajstić information content (AvgIpc) is 2.20. The molecule has 0 aromatic heterocycles. The summed E-state index contributed by atoms with van der Waals surface area (Å²) in [4.78, 5) is 22.9. The standard InChI is InChI=1S/C14H26O4.Ba.2H/c1-5-6-7-8-9-10-14(11(15)16,12(17)18)13(2,3)4;;;/h5-10H2,1-4H3,(H,15,16)(H,17,18);;;. The summed E-state index contributed by atoms with van der Waals surface area (Å²) >= 11 is 0. The van der Waals surface area contributed by atoms with Crippen LogP contribution in [0.3, 0.4) is 0 Å². The Morgan fingerprint density at radius 2 is 1.32 bits per heavy atom. The molecule has 2 N–H and O–H groups in total. The number of carboxylic acid groups (broad SMARTS) is 2. The molecule has 0 fully saturated rings. The normalized spacial score (nSPS) is 11.8. The fourth-order valence-corrected chi connectivity index (χ4v) is 2.32. The van der Waals surface area contributed by atoms with Crippen molar-refractivity contribution < 1.29 is 19.8 Å². The van der Waals surface area contributed by atoms with Gasteiger partial charge in [-0.1, -0.05) is 59.8 Å². The molecule has 0 aliphatic carbocycles. The SMILES string of the molecule is CCCCCCCC(C(=O)O)(C(=O)O)C(C)(C)C.[BaH2]. The fourth-order valence-electron chi connectivity index (χ4n) is 2.32. The molecular formula is C14H28BaO4. The number of unbranched alkanes of at least 4 members (excludes halogenated alkanes) is 4. The maximum atomic E-state index is 11.4. The number of rotatable bonds is 8. The Morgan fingerprint density at radius 3 is 1.63 bits per heavy atom. The zero-order valence-corrected chi connectivity index (χ0v) is 12.0. The van der Waals surface area contributed by atoms with E-state index in [1.54, 1.807) is 20.8 Å². The zero-order chi connectivity index (χ0) is 14.4. The summed E-state index contributed by atoms with van der Waals surface area (Å²) < 4.78 is 0. The van der Waals surface area contributed by atoms with Crippen LogP contribution >= 0.6 is 0 Å². The summed E-state index contributed by atoms with van der Waals surface area (Å²) in [5.74, 6) is -2.45. The molecular weight excluding hydrogens is 369 g/mol. The second-order valence-corrected chi connectivity index (χ2v) is 5.93. The van der Waals surface area contributed by atoms with E-state index in [1.807, 2.05) is 0 Å². The van der Waals surface area contributed by atoms with Crippen LogP contribution in [0.5, 0.6) is 0 Å². The van der Waals surface area contributed by atoms with Crippen molar-refractivity contribution in [1.82, 2.24) is 0 Å². The van der Waals surface area contributed by atoms with E-state index in [9.17, 15) is 19.8 Å². The van der Waals surface area contributed by atoms with Gasteiger partial charge in [-0.05, 0) is 11.8 Å². The van der Waals surface area contributed by atoms with Crippen LogP contribution in [0.4, 0.5) is 0 Å².